The lowest BCUT2D eigenvalue weighted by Gasteiger charge is -2.37. The summed E-state index contributed by atoms with van der Waals surface area (Å²) in [7, 11) is 6.54. The van der Waals surface area contributed by atoms with Gasteiger partial charge in [0.25, 0.3) is 0 Å². The molecule has 0 saturated heterocycles. The van der Waals surface area contributed by atoms with E-state index in [2.05, 4.69) is 133 Å². The van der Waals surface area contributed by atoms with Gasteiger partial charge in [0.2, 0.25) is 0 Å². The average Bonchev–Trinajstić information content (AvgIpc) is 3.77. The molecule has 0 unspecified atom stereocenters. The van der Waals surface area contributed by atoms with Crippen molar-refractivity contribution in [1.29, 1.82) is 0 Å². The van der Waals surface area contributed by atoms with E-state index in [1.165, 1.54) is 54.8 Å². The monoisotopic (exact) mass is 716 g/mol. The van der Waals surface area contributed by atoms with E-state index in [0.29, 0.717) is 9.52 Å². The van der Waals surface area contributed by atoms with Gasteiger partial charge in [-0.2, -0.15) is 0 Å². The van der Waals surface area contributed by atoms with Gasteiger partial charge in [-0.1, -0.05) is 173 Å². The SMILES string of the molecule is CCCCCCOc1cccc(C([Si]c2ccccc2)(c2cccc(OCCCCCC)c2)n2ccnc2)c1.[B]C(c1ccccc1)c1ccccc1. The Bertz CT molecular complexity index is 1760. The number of hydrogen-bond acceptors (Lipinski definition) is 3. The van der Waals surface area contributed by atoms with Crippen LogP contribution in [-0.2, 0) is 5.16 Å². The third-order valence-corrected chi connectivity index (χ3v) is 11.2. The Morgan fingerprint density at radius 3 is 1.55 bits per heavy atom. The number of unbranched alkanes of at least 4 members (excludes halogenated alkanes) is 6. The van der Waals surface area contributed by atoms with Gasteiger partial charge in [-0.15, -0.1) is 0 Å². The molecule has 0 aliphatic heterocycles. The Morgan fingerprint density at radius 1 is 0.604 bits per heavy atom. The van der Waals surface area contributed by atoms with Crippen LogP contribution in [0.3, 0.4) is 0 Å². The predicted octanol–water partition coefficient (Wildman–Crippen LogP) is 10.5. The zero-order valence-electron chi connectivity index (χ0n) is 31.4. The largest absolute Gasteiger partial charge is 0.494 e. The highest BCUT2D eigenvalue weighted by molar-refractivity contribution is 6.57. The van der Waals surface area contributed by atoms with Gasteiger partial charge < -0.3 is 14.0 Å². The van der Waals surface area contributed by atoms with E-state index in [-0.39, 0.29) is 5.82 Å². The highest BCUT2D eigenvalue weighted by Gasteiger charge is 2.38. The Balaban J connectivity index is 0.000000322. The maximum atomic E-state index is 6.25. The zero-order valence-corrected chi connectivity index (χ0v) is 32.4. The fourth-order valence-electron chi connectivity index (χ4n) is 6.43. The van der Waals surface area contributed by atoms with E-state index in [0.717, 1.165) is 48.7 Å². The van der Waals surface area contributed by atoms with Gasteiger partial charge >= 0.3 is 0 Å². The first-order valence-electron chi connectivity index (χ1n) is 19.3. The summed E-state index contributed by atoms with van der Waals surface area (Å²) in [5.74, 6) is 1.81. The molecule has 0 bridgehead atoms. The maximum Gasteiger partial charge on any atom is 0.127 e. The minimum Gasteiger partial charge on any atom is -0.494 e. The summed E-state index contributed by atoms with van der Waals surface area (Å²) in [6, 6.07) is 48.3. The molecule has 0 saturated carbocycles. The number of benzene rings is 5. The summed E-state index contributed by atoms with van der Waals surface area (Å²) in [6.45, 7) is 5.95. The van der Waals surface area contributed by atoms with Crippen LogP contribution in [0.2, 0.25) is 0 Å². The fourth-order valence-corrected chi connectivity index (χ4v) is 8.07. The molecule has 1 heterocycles. The van der Waals surface area contributed by atoms with Gasteiger partial charge in [0, 0.05) is 12.4 Å². The number of hydrogen-bond donors (Lipinski definition) is 0. The van der Waals surface area contributed by atoms with Crippen molar-refractivity contribution >= 4 is 22.6 Å². The Labute approximate surface area is 321 Å². The molecule has 0 N–H and O–H groups in total. The van der Waals surface area contributed by atoms with E-state index in [4.69, 9.17) is 17.3 Å². The van der Waals surface area contributed by atoms with Crippen molar-refractivity contribution in [3.05, 3.63) is 181 Å². The van der Waals surface area contributed by atoms with Crippen LogP contribution in [0.4, 0.5) is 0 Å². The van der Waals surface area contributed by atoms with Crippen molar-refractivity contribution in [3.8, 4) is 11.5 Å². The lowest BCUT2D eigenvalue weighted by atomic mass is 9.76. The first-order chi connectivity index (χ1) is 26.1. The Kier molecular flexibility index (Phi) is 16.1. The molecule has 0 aliphatic carbocycles. The molecule has 53 heavy (non-hydrogen) atoms. The standard InChI is InChI=1S/C34H42N2O2Si.C13H11B/c1-3-5-7-12-24-37-31-18-14-16-29(26-31)34(36-23-22-35-28-36,39-33-20-10-9-11-21-33)30-17-15-19-32(27-30)38-25-13-8-6-4-2;14-13(11-7-3-1-4-8-11)12-9-5-2-6-10-12/h9-11,14-23,26-28H,3-8,12-13,24-25H2,1-2H3;1-10,13H. The molecule has 1 aromatic heterocycles. The van der Waals surface area contributed by atoms with Gasteiger partial charge in [-0.05, 0) is 65.2 Å². The van der Waals surface area contributed by atoms with Crippen molar-refractivity contribution in [3.63, 3.8) is 0 Å². The first kappa shape index (κ1) is 39.4. The van der Waals surface area contributed by atoms with Gasteiger partial charge in [0.05, 0.1) is 32.5 Å². The van der Waals surface area contributed by atoms with Gasteiger partial charge in [0.1, 0.15) is 21.0 Å². The number of rotatable bonds is 19. The Hall–Kier alpha value is -4.81. The van der Waals surface area contributed by atoms with Crippen LogP contribution in [-0.4, -0.2) is 40.1 Å². The number of ether oxygens (including phenoxy) is 2. The third kappa shape index (κ3) is 11.6. The van der Waals surface area contributed by atoms with E-state index in [1.54, 1.807) is 0 Å². The zero-order chi connectivity index (χ0) is 37.0. The van der Waals surface area contributed by atoms with Gasteiger partial charge in [0.15, 0.2) is 0 Å². The second-order valence-electron chi connectivity index (χ2n) is 13.3. The molecule has 0 spiro atoms. The molecule has 6 heteroatoms. The predicted molar refractivity (Wildman–Crippen MR) is 223 cm³/mol. The van der Waals surface area contributed by atoms with Crippen LogP contribution in [0.15, 0.2) is 158 Å². The molecule has 4 radical (unpaired) electrons. The minimum atomic E-state index is -0.499. The molecule has 270 valence electrons. The molecule has 6 rings (SSSR count). The van der Waals surface area contributed by atoms with Crippen LogP contribution in [0.1, 0.15) is 93.3 Å². The lowest BCUT2D eigenvalue weighted by molar-refractivity contribution is 0.304. The molecule has 5 aromatic carbocycles. The summed E-state index contributed by atoms with van der Waals surface area (Å²) in [5.41, 5.74) is 4.65. The van der Waals surface area contributed by atoms with Crippen LogP contribution in [0.25, 0.3) is 0 Å². The molecule has 6 aromatic rings. The lowest BCUT2D eigenvalue weighted by Crippen LogP contribution is -2.46. The molecular formula is C47H53BN2O2Si. The number of nitrogens with zero attached hydrogens (tertiary/aromatic N) is 2. The molecule has 0 aliphatic rings. The minimum absolute atomic E-state index is 0.0163. The quantitative estimate of drug-likeness (QED) is 0.0619. The van der Waals surface area contributed by atoms with Crippen molar-refractivity contribution in [2.45, 2.75) is 76.2 Å². The van der Waals surface area contributed by atoms with Crippen LogP contribution in [0, 0.1) is 0 Å². The molecule has 0 fully saturated rings. The van der Waals surface area contributed by atoms with E-state index < -0.39 is 5.16 Å². The summed E-state index contributed by atoms with van der Waals surface area (Å²) in [6.07, 6.45) is 15.4. The van der Waals surface area contributed by atoms with E-state index in [9.17, 15) is 0 Å². The highest BCUT2D eigenvalue weighted by Crippen LogP contribution is 2.36. The molecule has 0 amide bonds. The van der Waals surface area contributed by atoms with Gasteiger partial charge in [-0.3, -0.25) is 0 Å². The summed E-state index contributed by atoms with van der Waals surface area (Å²) >= 11 is 0. The van der Waals surface area contributed by atoms with Gasteiger partial charge in [-0.25, -0.2) is 4.98 Å². The topological polar surface area (TPSA) is 36.3 Å². The van der Waals surface area contributed by atoms with Crippen molar-refractivity contribution in [1.82, 2.24) is 9.55 Å². The molecule has 0 atom stereocenters. The molecule has 4 nitrogen and oxygen atoms in total. The maximum absolute atomic E-state index is 6.25. The molecular weight excluding hydrogens is 663 g/mol. The van der Waals surface area contributed by atoms with Crippen LogP contribution >= 0.6 is 0 Å². The normalized spacial score (nSPS) is 11.2. The second-order valence-corrected chi connectivity index (χ2v) is 14.9. The summed E-state index contributed by atoms with van der Waals surface area (Å²) in [5, 5.41) is 0.782. The fraction of sp³-hybridized carbons (Fsp3) is 0.298. The third-order valence-electron chi connectivity index (χ3n) is 9.34. The van der Waals surface area contributed by atoms with Crippen molar-refractivity contribution in [2.75, 3.05) is 13.2 Å². The van der Waals surface area contributed by atoms with Crippen LogP contribution in [0.5, 0.6) is 11.5 Å². The average molecular weight is 717 g/mol. The highest BCUT2D eigenvalue weighted by atomic mass is 28.2. The van der Waals surface area contributed by atoms with Crippen molar-refractivity contribution in [2.24, 2.45) is 0 Å². The second kappa shape index (κ2) is 21.7. The van der Waals surface area contributed by atoms with E-state index >= 15 is 0 Å². The summed E-state index contributed by atoms with van der Waals surface area (Å²) < 4.78 is 14.8. The number of aromatic nitrogens is 2. The summed E-state index contributed by atoms with van der Waals surface area (Å²) in [4.78, 5) is 4.49. The van der Waals surface area contributed by atoms with E-state index in [1.807, 2.05) is 48.9 Å². The first-order valence-corrected chi connectivity index (χ1v) is 20.3. The number of imidazole rings is 1. The van der Waals surface area contributed by atoms with Crippen molar-refractivity contribution < 1.29 is 9.47 Å². The van der Waals surface area contributed by atoms with Crippen LogP contribution < -0.4 is 14.7 Å². The Morgan fingerprint density at radius 2 is 1.09 bits per heavy atom. The smallest absolute Gasteiger partial charge is 0.127 e.